The van der Waals surface area contributed by atoms with Gasteiger partial charge < -0.3 is 29.2 Å². The Morgan fingerprint density at radius 2 is 1.30 bits per heavy atom. The van der Waals surface area contributed by atoms with Crippen molar-refractivity contribution in [3.63, 3.8) is 0 Å². The fourth-order valence-corrected chi connectivity index (χ4v) is 5.82. The number of amides is 3. The molecule has 0 aliphatic rings. The number of carbonyl (C=O) groups excluding carboxylic acids is 6. The summed E-state index contributed by atoms with van der Waals surface area (Å²) in [4.78, 5) is 81.9. The van der Waals surface area contributed by atoms with E-state index in [-0.39, 0.29) is 42.1 Å². The molecule has 0 saturated carbocycles. The van der Waals surface area contributed by atoms with Crippen LogP contribution in [-0.2, 0) is 25.5 Å². The van der Waals surface area contributed by atoms with E-state index >= 15 is 0 Å². The highest BCUT2D eigenvalue weighted by Crippen LogP contribution is 2.26. The number of rotatable bonds is 9. The zero-order valence-electron chi connectivity index (χ0n) is 33.7. The molecule has 1 aromatic heterocycles. The number of nitrogens with one attached hydrogen (secondary N) is 2. The van der Waals surface area contributed by atoms with Crippen molar-refractivity contribution < 1.29 is 47.7 Å². The number of guanidine groups is 1. The van der Waals surface area contributed by atoms with Gasteiger partial charge in [0.2, 0.25) is 5.96 Å². The van der Waals surface area contributed by atoms with E-state index in [2.05, 4.69) is 15.6 Å². The standard InChI is InChI=1S/C42H48N4O10S/c1-25(47)22-46(23-26-19-33(57-24-26)36(50)54-40(2,3)4)34(48)30-12-11-29-21-32(18-15-28(29)20-30)53-35(49)27-13-16-31(17-14-27)43-37(44-38(51)55-41(5,6)7)45-39(52)56-42(8,9)10/h11-21,24H,22-23H2,1-10H3,(H2,43,44,45,51,52). The molecule has 0 aliphatic heterocycles. The van der Waals surface area contributed by atoms with Crippen molar-refractivity contribution in [2.45, 2.75) is 92.6 Å². The maximum absolute atomic E-state index is 13.7. The van der Waals surface area contributed by atoms with Crippen LogP contribution in [0.1, 0.15) is 105 Å². The molecule has 0 radical (unpaired) electrons. The van der Waals surface area contributed by atoms with Crippen LogP contribution in [0.5, 0.6) is 5.75 Å². The Morgan fingerprint density at radius 1 is 0.702 bits per heavy atom. The molecule has 2 N–H and O–H groups in total. The van der Waals surface area contributed by atoms with Crippen LogP contribution in [0.25, 0.3) is 10.8 Å². The monoisotopic (exact) mass is 800 g/mol. The van der Waals surface area contributed by atoms with E-state index in [1.165, 1.54) is 47.4 Å². The molecule has 4 rings (SSSR count). The second kappa shape index (κ2) is 17.8. The number of Topliss-reactive ketones (excluding diaryl/α,β-unsaturated/α-hetero) is 1. The summed E-state index contributed by atoms with van der Waals surface area (Å²) >= 11 is 1.21. The van der Waals surface area contributed by atoms with Crippen LogP contribution in [0.15, 0.2) is 77.1 Å². The number of nitrogens with zero attached hydrogens (tertiary/aromatic N) is 2. The lowest BCUT2D eigenvalue weighted by atomic mass is 10.1. The number of hydrogen-bond donors (Lipinski definition) is 2. The van der Waals surface area contributed by atoms with Gasteiger partial charge in [-0.25, -0.2) is 19.2 Å². The summed E-state index contributed by atoms with van der Waals surface area (Å²) in [5.41, 5.74) is -0.648. The van der Waals surface area contributed by atoms with Gasteiger partial charge in [-0.3, -0.25) is 14.9 Å². The number of anilines is 1. The number of aliphatic imine (C=N–C) groups is 1. The summed E-state index contributed by atoms with van der Waals surface area (Å²) in [7, 11) is 0. The van der Waals surface area contributed by atoms with Gasteiger partial charge in [-0.1, -0.05) is 12.1 Å². The lowest BCUT2D eigenvalue weighted by molar-refractivity contribution is -0.117. The molecule has 15 heteroatoms. The van der Waals surface area contributed by atoms with Gasteiger partial charge in [0.05, 0.1) is 12.1 Å². The van der Waals surface area contributed by atoms with Gasteiger partial charge in [0, 0.05) is 17.8 Å². The fraction of sp³-hybridized carbons (Fsp3) is 0.357. The zero-order chi connectivity index (χ0) is 42.3. The predicted molar refractivity (Wildman–Crippen MR) is 217 cm³/mol. The molecule has 3 aromatic carbocycles. The Kier molecular flexibility index (Phi) is 13.6. The van der Waals surface area contributed by atoms with Crippen molar-refractivity contribution in [3.05, 3.63) is 93.7 Å². The second-order valence-corrected chi connectivity index (χ2v) is 17.0. The van der Waals surface area contributed by atoms with E-state index in [9.17, 15) is 28.8 Å². The fourth-order valence-electron chi connectivity index (χ4n) is 5.04. The molecule has 0 fully saturated rings. The molecule has 14 nitrogen and oxygen atoms in total. The number of carbonyl (C=O) groups is 6. The number of esters is 2. The van der Waals surface area contributed by atoms with Gasteiger partial charge in [0.25, 0.3) is 5.91 Å². The average Bonchev–Trinajstić information content (AvgIpc) is 3.54. The van der Waals surface area contributed by atoms with Crippen molar-refractivity contribution in [1.29, 1.82) is 0 Å². The third-order valence-corrected chi connectivity index (χ3v) is 8.16. The zero-order valence-corrected chi connectivity index (χ0v) is 34.5. The Morgan fingerprint density at radius 3 is 1.91 bits per heavy atom. The Bertz CT molecular complexity index is 2190. The van der Waals surface area contributed by atoms with Crippen molar-refractivity contribution in [2.24, 2.45) is 4.99 Å². The number of ketones is 1. The van der Waals surface area contributed by atoms with Crippen LogP contribution >= 0.6 is 11.3 Å². The summed E-state index contributed by atoms with van der Waals surface area (Å²) in [6.07, 6.45) is -1.80. The van der Waals surface area contributed by atoms with Gasteiger partial charge in [0.15, 0.2) is 0 Å². The predicted octanol–water partition coefficient (Wildman–Crippen LogP) is 8.53. The molecule has 57 heavy (non-hydrogen) atoms. The Labute approximate surface area is 335 Å². The topological polar surface area (TPSA) is 179 Å². The van der Waals surface area contributed by atoms with Crippen LogP contribution in [-0.4, -0.2) is 70.0 Å². The van der Waals surface area contributed by atoms with E-state index in [1.807, 2.05) is 0 Å². The SMILES string of the molecule is CC(=O)CN(Cc1csc(C(=O)OC(C)(C)C)c1)C(=O)c1ccc2cc(OC(=O)c3ccc(N/C(=N\C(=O)OC(C)(C)C)NC(=O)OC(C)(C)C)cc3)ccc2c1. The highest BCUT2D eigenvalue weighted by Gasteiger charge is 2.24. The molecule has 4 aromatic rings. The molecule has 0 spiro atoms. The maximum atomic E-state index is 13.7. The molecule has 1 heterocycles. The summed E-state index contributed by atoms with van der Waals surface area (Å²) in [5.74, 6) is -1.66. The first-order valence-corrected chi connectivity index (χ1v) is 18.9. The lowest BCUT2D eigenvalue weighted by Crippen LogP contribution is -2.40. The van der Waals surface area contributed by atoms with Gasteiger partial charge >= 0.3 is 24.1 Å². The lowest BCUT2D eigenvalue weighted by Gasteiger charge is -2.21. The third-order valence-electron chi connectivity index (χ3n) is 7.20. The molecular formula is C42H48N4O10S. The van der Waals surface area contributed by atoms with Crippen LogP contribution in [0, 0.1) is 0 Å². The number of alkyl carbamates (subject to hydrolysis) is 1. The van der Waals surface area contributed by atoms with Crippen LogP contribution in [0.3, 0.4) is 0 Å². The minimum Gasteiger partial charge on any atom is -0.456 e. The molecule has 302 valence electrons. The van der Waals surface area contributed by atoms with Gasteiger partial charge in [-0.05, 0) is 146 Å². The highest BCUT2D eigenvalue weighted by molar-refractivity contribution is 7.12. The Balaban J connectivity index is 1.44. The molecule has 0 bridgehead atoms. The normalized spacial score (nSPS) is 12.0. The van der Waals surface area contributed by atoms with Crippen molar-refractivity contribution in [3.8, 4) is 5.75 Å². The quantitative estimate of drug-likeness (QED) is 0.0545. The number of benzene rings is 3. The van der Waals surface area contributed by atoms with Crippen molar-refractivity contribution in [2.75, 3.05) is 11.9 Å². The van der Waals surface area contributed by atoms with E-state index in [0.29, 0.717) is 32.5 Å². The van der Waals surface area contributed by atoms with E-state index in [4.69, 9.17) is 18.9 Å². The summed E-state index contributed by atoms with van der Waals surface area (Å²) in [6, 6.07) is 17.7. The molecular weight excluding hydrogens is 753 g/mol. The summed E-state index contributed by atoms with van der Waals surface area (Å²) in [6.45, 7) is 16.8. The summed E-state index contributed by atoms with van der Waals surface area (Å²) in [5, 5.41) is 8.39. The van der Waals surface area contributed by atoms with Crippen molar-refractivity contribution in [1.82, 2.24) is 10.2 Å². The first kappa shape index (κ1) is 43.6. The minimum atomic E-state index is -0.944. The van der Waals surface area contributed by atoms with Crippen molar-refractivity contribution >= 4 is 69.6 Å². The average molecular weight is 801 g/mol. The number of thiophene rings is 1. The number of ether oxygens (including phenoxy) is 4. The first-order chi connectivity index (χ1) is 26.4. The second-order valence-electron chi connectivity index (χ2n) is 16.1. The molecule has 0 saturated heterocycles. The highest BCUT2D eigenvalue weighted by atomic mass is 32.1. The summed E-state index contributed by atoms with van der Waals surface area (Å²) < 4.78 is 21.6. The van der Waals surface area contributed by atoms with E-state index in [0.717, 1.165) is 0 Å². The van der Waals surface area contributed by atoms with Gasteiger partial charge in [-0.2, -0.15) is 0 Å². The van der Waals surface area contributed by atoms with Gasteiger partial charge in [-0.15, -0.1) is 16.3 Å². The van der Waals surface area contributed by atoms with Crippen LogP contribution < -0.4 is 15.4 Å². The van der Waals surface area contributed by atoms with Crippen LogP contribution in [0.2, 0.25) is 0 Å². The molecule has 0 unspecified atom stereocenters. The molecule has 3 amide bonds. The Hall–Kier alpha value is -6.09. The number of fused-ring (bicyclic) bond motifs is 1. The van der Waals surface area contributed by atoms with Crippen LogP contribution in [0.4, 0.5) is 15.3 Å². The van der Waals surface area contributed by atoms with E-state index < -0.39 is 40.9 Å². The largest absolute Gasteiger partial charge is 0.456 e. The smallest absolute Gasteiger partial charge is 0.437 e. The van der Waals surface area contributed by atoms with Gasteiger partial charge in [0.1, 0.15) is 33.2 Å². The first-order valence-electron chi connectivity index (χ1n) is 18.0. The third kappa shape index (κ3) is 14.2. The minimum absolute atomic E-state index is 0.117. The van der Waals surface area contributed by atoms with E-state index in [1.54, 1.807) is 110 Å². The molecule has 0 atom stereocenters. The maximum Gasteiger partial charge on any atom is 0.437 e. The molecule has 0 aliphatic carbocycles. The number of hydrogen-bond acceptors (Lipinski definition) is 11.